The van der Waals surface area contributed by atoms with Crippen LogP contribution >= 0.6 is 11.8 Å². The molecule has 0 aliphatic heterocycles. The Balaban J connectivity index is 2.07. The van der Waals surface area contributed by atoms with E-state index < -0.39 is 0 Å². The Morgan fingerprint density at radius 1 is 1.38 bits per heavy atom. The number of carbonyl (C=O) groups excluding carboxylic acids is 1. The van der Waals surface area contributed by atoms with Crippen LogP contribution < -0.4 is 0 Å². The van der Waals surface area contributed by atoms with Crippen LogP contribution in [-0.4, -0.2) is 33.1 Å². The minimum Gasteiger partial charge on any atom is -0.468 e. The minimum absolute atomic E-state index is 0.218. The topological polar surface area (TPSA) is 57.0 Å². The van der Waals surface area contributed by atoms with E-state index in [0.29, 0.717) is 5.16 Å². The third kappa shape index (κ3) is 4.32. The Kier molecular flexibility index (Phi) is 5.80. The molecule has 2 aromatic rings. The zero-order valence-electron chi connectivity index (χ0n) is 12.2. The van der Waals surface area contributed by atoms with Gasteiger partial charge in [0.2, 0.25) is 5.16 Å². The number of carbonyl (C=O) groups is 1. The molecule has 21 heavy (non-hydrogen) atoms. The number of para-hydroxylation sites is 1. The SMILES string of the molecule is CCCCC(Sc1ncn(-c2ccccc2)n1)C(=O)OC. The minimum atomic E-state index is -0.249. The van der Waals surface area contributed by atoms with Crippen LogP contribution in [0.5, 0.6) is 0 Å². The van der Waals surface area contributed by atoms with Gasteiger partial charge in [-0.1, -0.05) is 49.7 Å². The number of benzene rings is 1. The predicted octanol–water partition coefficient (Wildman–Crippen LogP) is 3.09. The maximum Gasteiger partial charge on any atom is 0.319 e. The number of esters is 1. The lowest BCUT2D eigenvalue weighted by atomic mass is 10.2. The van der Waals surface area contributed by atoms with E-state index in [4.69, 9.17) is 4.74 Å². The van der Waals surface area contributed by atoms with E-state index in [-0.39, 0.29) is 11.2 Å². The first-order valence-electron chi connectivity index (χ1n) is 6.96. The van der Waals surface area contributed by atoms with Gasteiger partial charge < -0.3 is 4.74 Å². The van der Waals surface area contributed by atoms with Crippen LogP contribution in [0.2, 0.25) is 0 Å². The number of rotatable bonds is 7. The molecule has 112 valence electrons. The molecule has 1 aromatic heterocycles. The van der Waals surface area contributed by atoms with Crippen molar-refractivity contribution in [3.8, 4) is 5.69 Å². The van der Waals surface area contributed by atoms with Crippen LogP contribution in [0.25, 0.3) is 5.69 Å². The summed E-state index contributed by atoms with van der Waals surface area (Å²) in [6.45, 7) is 2.10. The number of hydrogen-bond donors (Lipinski definition) is 0. The molecule has 1 heterocycles. The zero-order chi connectivity index (χ0) is 15.1. The Morgan fingerprint density at radius 2 is 2.14 bits per heavy atom. The average molecular weight is 305 g/mol. The van der Waals surface area contributed by atoms with Crippen LogP contribution in [0.4, 0.5) is 0 Å². The summed E-state index contributed by atoms with van der Waals surface area (Å²) in [5.41, 5.74) is 0.944. The Labute approximate surface area is 128 Å². The molecule has 0 aliphatic carbocycles. The van der Waals surface area contributed by atoms with Crippen LogP contribution in [0.1, 0.15) is 26.2 Å². The summed E-state index contributed by atoms with van der Waals surface area (Å²) in [6, 6.07) is 9.76. The fourth-order valence-corrected chi connectivity index (χ4v) is 2.85. The summed E-state index contributed by atoms with van der Waals surface area (Å²) >= 11 is 1.36. The van der Waals surface area contributed by atoms with Gasteiger partial charge in [-0.3, -0.25) is 4.79 Å². The van der Waals surface area contributed by atoms with E-state index in [9.17, 15) is 4.79 Å². The molecule has 5 nitrogen and oxygen atoms in total. The largest absolute Gasteiger partial charge is 0.468 e. The first-order chi connectivity index (χ1) is 10.2. The maximum absolute atomic E-state index is 11.8. The van der Waals surface area contributed by atoms with Crippen LogP contribution in [0.15, 0.2) is 41.8 Å². The number of unbranched alkanes of at least 4 members (excludes halogenated alkanes) is 1. The van der Waals surface area contributed by atoms with E-state index in [1.165, 1.54) is 18.9 Å². The third-order valence-electron chi connectivity index (χ3n) is 3.02. The monoisotopic (exact) mass is 305 g/mol. The summed E-state index contributed by atoms with van der Waals surface area (Å²) < 4.78 is 6.56. The summed E-state index contributed by atoms with van der Waals surface area (Å²) in [4.78, 5) is 16.1. The van der Waals surface area contributed by atoms with E-state index in [0.717, 1.165) is 24.9 Å². The van der Waals surface area contributed by atoms with Crippen LogP contribution in [-0.2, 0) is 9.53 Å². The van der Waals surface area contributed by atoms with Crippen molar-refractivity contribution in [1.82, 2.24) is 14.8 Å². The van der Waals surface area contributed by atoms with Gasteiger partial charge in [0.05, 0.1) is 12.8 Å². The van der Waals surface area contributed by atoms with E-state index in [1.54, 1.807) is 11.0 Å². The van der Waals surface area contributed by atoms with Crippen molar-refractivity contribution in [3.05, 3.63) is 36.7 Å². The lowest BCUT2D eigenvalue weighted by molar-refractivity contribution is -0.140. The van der Waals surface area contributed by atoms with Crippen molar-refractivity contribution in [2.45, 2.75) is 36.6 Å². The van der Waals surface area contributed by atoms with Gasteiger partial charge in [0, 0.05) is 0 Å². The molecule has 0 spiro atoms. The number of thioether (sulfide) groups is 1. The highest BCUT2D eigenvalue weighted by Gasteiger charge is 2.22. The lowest BCUT2D eigenvalue weighted by Gasteiger charge is -2.11. The molecule has 6 heteroatoms. The van der Waals surface area contributed by atoms with Gasteiger partial charge in [0.15, 0.2) is 0 Å². The molecule has 0 saturated heterocycles. The van der Waals surface area contributed by atoms with Crippen molar-refractivity contribution >= 4 is 17.7 Å². The number of aromatic nitrogens is 3. The highest BCUT2D eigenvalue weighted by Crippen LogP contribution is 2.25. The molecule has 0 aliphatic rings. The number of nitrogens with zero attached hydrogens (tertiary/aromatic N) is 3. The maximum atomic E-state index is 11.8. The normalized spacial score (nSPS) is 12.1. The highest BCUT2D eigenvalue weighted by molar-refractivity contribution is 8.00. The standard InChI is InChI=1S/C15H19N3O2S/c1-3-4-10-13(14(19)20-2)21-15-16-11-18(17-15)12-8-6-5-7-9-12/h5-9,11,13H,3-4,10H2,1-2H3. The third-order valence-corrected chi connectivity index (χ3v) is 4.13. The molecular weight excluding hydrogens is 286 g/mol. The number of ether oxygens (including phenoxy) is 1. The van der Waals surface area contributed by atoms with Gasteiger partial charge >= 0.3 is 5.97 Å². The average Bonchev–Trinajstić information content (AvgIpc) is 3.00. The zero-order valence-corrected chi connectivity index (χ0v) is 13.0. The summed E-state index contributed by atoms with van der Waals surface area (Å²) in [6.07, 6.45) is 4.45. The van der Waals surface area contributed by atoms with Crippen molar-refractivity contribution in [3.63, 3.8) is 0 Å². The van der Waals surface area contributed by atoms with Crippen molar-refractivity contribution in [1.29, 1.82) is 0 Å². The second-order valence-electron chi connectivity index (χ2n) is 4.58. The van der Waals surface area contributed by atoms with Gasteiger partial charge in [-0.05, 0) is 18.6 Å². The molecule has 0 amide bonds. The van der Waals surface area contributed by atoms with Gasteiger partial charge in [0.1, 0.15) is 11.6 Å². The molecule has 0 radical (unpaired) electrons. The molecule has 1 unspecified atom stereocenters. The van der Waals surface area contributed by atoms with Gasteiger partial charge in [-0.15, -0.1) is 5.10 Å². The summed E-state index contributed by atoms with van der Waals surface area (Å²) in [5, 5.41) is 4.75. The van der Waals surface area contributed by atoms with Gasteiger partial charge in [-0.25, -0.2) is 9.67 Å². The quantitative estimate of drug-likeness (QED) is 0.581. The van der Waals surface area contributed by atoms with E-state index >= 15 is 0 Å². The lowest BCUT2D eigenvalue weighted by Crippen LogP contribution is -2.19. The molecule has 0 fully saturated rings. The highest BCUT2D eigenvalue weighted by atomic mass is 32.2. The van der Waals surface area contributed by atoms with Crippen molar-refractivity contribution in [2.24, 2.45) is 0 Å². The fraction of sp³-hybridized carbons (Fsp3) is 0.400. The molecule has 2 rings (SSSR count). The first-order valence-corrected chi connectivity index (χ1v) is 7.84. The van der Waals surface area contributed by atoms with Crippen molar-refractivity contribution in [2.75, 3.05) is 7.11 Å². The molecule has 0 bridgehead atoms. The fourth-order valence-electron chi connectivity index (χ4n) is 1.88. The number of hydrogen-bond acceptors (Lipinski definition) is 5. The first kappa shape index (κ1) is 15.6. The summed E-state index contributed by atoms with van der Waals surface area (Å²) in [7, 11) is 1.41. The Hall–Kier alpha value is -1.82. The van der Waals surface area contributed by atoms with Crippen LogP contribution in [0.3, 0.4) is 0 Å². The molecule has 1 atom stereocenters. The number of methoxy groups -OCH3 is 1. The molecule has 0 saturated carbocycles. The second-order valence-corrected chi connectivity index (χ2v) is 5.75. The van der Waals surface area contributed by atoms with Gasteiger partial charge in [0.25, 0.3) is 0 Å². The van der Waals surface area contributed by atoms with Gasteiger partial charge in [-0.2, -0.15) is 0 Å². The Bertz CT molecular complexity index is 571. The van der Waals surface area contributed by atoms with E-state index in [1.807, 2.05) is 30.3 Å². The second kappa shape index (κ2) is 7.83. The van der Waals surface area contributed by atoms with Crippen LogP contribution in [0, 0.1) is 0 Å². The predicted molar refractivity (Wildman–Crippen MR) is 82.5 cm³/mol. The summed E-state index contributed by atoms with van der Waals surface area (Å²) in [5.74, 6) is -0.218. The smallest absolute Gasteiger partial charge is 0.319 e. The molecule has 1 aromatic carbocycles. The Morgan fingerprint density at radius 3 is 2.81 bits per heavy atom. The van der Waals surface area contributed by atoms with E-state index in [2.05, 4.69) is 17.0 Å². The van der Waals surface area contributed by atoms with Crippen molar-refractivity contribution < 1.29 is 9.53 Å². The molecule has 0 N–H and O–H groups in total. The molecular formula is C15H19N3O2S.